The normalized spacial score (nSPS) is 14.6. The third-order valence-corrected chi connectivity index (χ3v) is 8.77. The van der Waals surface area contributed by atoms with Crippen molar-refractivity contribution in [3.8, 4) is 0 Å². The van der Waals surface area contributed by atoms with E-state index in [1.807, 2.05) is 54.1 Å². The highest BCUT2D eigenvalue weighted by atomic mass is 16.6. The van der Waals surface area contributed by atoms with Gasteiger partial charge >= 0.3 is 11.8 Å². The van der Waals surface area contributed by atoms with Crippen LogP contribution in [-0.2, 0) is 31.3 Å². The fraction of sp³-hybridized carbons (Fsp3) is 0.297. The molecule has 0 radical (unpaired) electrons. The molecule has 44 heavy (non-hydrogen) atoms. The van der Waals surface area contributed by atoms with Crippen LogP contribution in [0.5, 0.6) is 0 Å². The van der Waals surface area contributed by atoms with Gasteiger partial charge in [0.25, 0.3) is 0 Å². The van der Waals surface area contributed by atoms with E-state index in [-0.39, 0.29) is 30.5 Å². The largest absolute Gasteiger partial charge is 0.448 e. The minimum atomic E-state index is -0.286. The number of aromatic nitrogens is 2. The first-order valence-corrected chi connectivity index (χ1v) is 15.5. The maximum Gasteiger partial charge on any atom is 0.409 e. The number of hydrogen-bond donors (Lipinski definition) is 0. The molecular formula is C37H40N4O3. The van der Waals surface area contributed by atoms with Gasteiger partial charge in [-0.05, 0) is 48.1 Å². The van der Waals surface area contributed by atoms with Crippen molar-refractivity contribution in [3.63, 3.8) is 0 Å². The number of carbonyl (C=O) groups excluding carboxylic acids is 1. The second-order valence-corrected chi connectivity index (χ2v) is 11.7. The lowest BCUT2D eigenvalue weighted by Gasteiger charge is -2.34. The van der Waals surface area contributed by atoms with Gasteiger partial charge in [-0.15, -0.1) is 0 Å². The number of likely N-dealkylation sites (tertiary alicyclic amines) is 1. The van der Waals surface area contributed by atoms with Crippen molar-refractivity contribution in [3.05, 3.63) is 142 Å². The van der Waals surface area contributed by atoms with Crippen molar-refractivity contribution >= 4 is 17.1 Å². The topological polar surface area (TPSA) is 59.7 Å². The number of imidazole rings is 1. The number of hydrogen-bond acceptors (Lipinski definition) is 4. The van der Waals surface area contributed by atoms with Crippen molar-refractivity contribution in [2.24, 2.45) is 7.05 Å². The van der Waals surface area contributed by atoms with Gasteiger partial charge in [0.15, 0.2) is 0 Å². The maximum atomic E-state index is 13.4. The lowest BCUT2D eigenvalue weighted by molar-refractivity contribution is 0.0517. The monoisotopic (exact) mass is 588 g/mol. The number of benzene rings is 4. The third-order valence-electron chi connectivity index (χ3n) is 8.77. The van der Waals surface area contributed by atoms with Gasteiger partial charge in [-0.2, -0.15) is 0 Å². The van der Waals surface area contributed by atoms with Crippen molar-refractivity contribution in [1.29, 1.82) is 0 Å². The van der Waals surface area contributed by atoms with Crippen LogP contribution < -0.4 is 5.69 Å². The maximum absolute atomic E-state index is 13.4. The Morgan fingerprint density at radius 1 is 0.750 bits per heavy atom. The second-order valence-electron chi connectivity index (χ2n) is 11.7. The number of nitrogens with zero attached hydrogens (tertiary/aromatic N) is 4. The fourth-order valence-electron chi connectivity index (χ4n) is 6.37. The van der Waals surface area contributed by atoms with E-state index in [9.17, 15) is 9.59 Å². The van der Waals surface area contributed by atoms with Crippen LogP contribution in [0.1, 0.15) is 35.6 Å². The Kier molecular flexibility index (Phi) is 9.22. The number of para-hydroxylation sites is 2. The predicted molar refractivity (Wildman–Crippen MR) is 174 cm³/mol. The summed E-state index contributed by atoms with van der Waals surface area (Å²) in [6, 6.07) is 39.3. The van der Waals surface area contributed by atoms with Crippen molar-refractivity contribution in [2.45, 2.75) is 44.4 Å². The first-order valence-electron chi connectivity index (χ1n) is 15.5. The molecule has 5 aromatic rings. The Hall–Kier alpha value is -4.62. The Morgan fingerprint density at radius 2 is 1.25 bits per heavy atom. The average molecular weight is 589 g/mol. The summed E-state index contributed by atoms with van der Waals surface area (Å²) in [5.74, 6) is 0. The number of carbonyl (C=O) groups is 1. The lowest BCUT2D eigenvalue weighted by atomic mass is 10.0. The van der Waals surface area contributed by atoms with Gasteiger partial charge in [-0.3, -0.25) is 14.0 Å². The Morgan fingerprint density at radius 3 is 1.82 bits per heavy atom. The van der Waals surface area contributed by atoms with E-state index in [1.165, 1.54) is 16.7 Å². The SMILES string of the molecule is Cn1c(=O)n(C2CCN(C(=O)OC[C@@H](Cc3ccccc3)N(Cc3ccccc3)Cc3ccccc3)CC2)c2ccccc21. The van der Waals surface area contributed by atoms with E-state index in [2.05, 4.69) is 77.7 Å². The first-order chi connectivity index (χ1) is 21.6. The van der Waals surface area contributed by atoms with Crippen LogP contribution in [0.2, 0.25) is 0 Å². The standard InChI is InChI=1S/C37H40N4O3/c1-38-34-19-11-12-20-35(34)41(36(38)42)32-21-23-39(24-22-32)37(43)44-28-33(25-29-13-5-2-6-14-29)40(26-30-15-7-3-8-16-30)27-31-17-9-4-10-18-31/h2-20,32-33H,21-28H2,1H3/t33-/m1/s1. The summed E-state index contributed by atoms with van der Waals surface area (Å²) in [6.07, 6.45) is 1.90. The van der Waals surface area contributed by atoms with Crippen LogP contribution in [0.4, 0.5) is 4.79 Å². The molecule has 6 rings (SSSR count). The molecule has 1 aliphatic rings. The lowest BCUT2D eigenvalue weighted by Crippen LogP contribution is -2.44. The smallest absolute Gasteiger partial charge is 0.409 e. The van der Waals surface area contributed by atoms with E-state index in [4.69, 9.17) is 4.74 Å². The van der Waals surface area contributed by atoms with Crippen molar-refractivity contribution < 1.29 is 9.53 Å². The Bertz CT molecular complexity index is 1670. The number of amides is 1. The zero-order valence-corrected chi connectivity index (χ0v) is 25.3. The molecule has 0 spiro atoms. The number of aryl methyl sites for hydroxylation is 1. The molecule has 1 fully saturated rings. The summed E-state index contributed by atoms with van der Waals surface area (Å²) in [5, 5.41) is 0. The number of piperidine rings is 1. The molecule has 1 amide bonds. The molecule has 4 aromatic carbocycles. The van der Waals surface area contributed by atoms with Gasteiger partial charge in [0.1, 0.15) is 6.61 Å². The molecule has 7 heteroatoms. The molecule has 1 aromatic heterocycles. The second kappa shape index (κ2) is 13.8. The molecule has 0 bridgehead atoms. The van der Waals surface area contributed by atoms with Crippen LogP contribution in [0, 0.1) is 0 Å². The molecule has 0 N–H and O–H groups in total. The van der Waals surface area contributed by atoms with Gasteiger partial charge in [-0.25, -0.2) is 9.59 Å². The zero-order chi connectivity index (χ0) is 30.3. The van der Waals surface area contributed by atoms with Crippen LogP contribution in [0.3, 0.4) is 0 Å². The first kappa shape index (κ1) is 29.5. The molecule has 1 aliphatic heterocycles. The highest BCUT2D eigenvalue weighted by molar-refractivity contribution is 5.76. The van der Waals surface area contributed by atoms with Gasteiger partial charge in [-0.1, -0.05) is 103 Å². The van der Waals surface area contributed by atoms with Crippen LogP contribution in [-0.4, -0.2) is 50.8 Å². The van der Waals surface area contributed by atoms with Crippen LogP contribution in [0.15, 0.2) is 120 Å². The van der Waals surface area contributed by atoms with Crippen LogP contribution in [0.25, 0.3) is 11.0 Å². The number of fused-ring (bicyclic) bond motifs is 1. The van der Waals surface area contributed by atoms with E-state index >= 15 is 0 Å². The van der Waals surface area contributed by atoms with Crippen molar-refractivity contribution in [2.75, 3.05) is 19.7 Å². The summed E-state index contributed by atoms with van der Waals surface area (Å²) in [5.41, 5.74) is 5.52. The minimum absolute atomic E-state index is 0.00657. The predicted octanol–water partition coefficient (Wildman–Crippen LogP) is 6.43. The molecule has 2 heterocycles. The number of rotatable bonds is 10. The fourth-order valence-corrected chi connectivity index (χ4v) is 6.37. The van der Waals surface area contributed by atoms with E-state index in [0.717, 1.165) is 30.5 Å². The van der Waals surface area contributed by atoms with Crippen LogP contribution >= 0.6 is 0 Å². The highest BCUT2D eigenvalue weighted by Crippen LogP contribution is 2.26. The molecule has 226 valence electrons. The summed E-state index contributed by atoms with van der Waals surface area (Å²) >= 11 is 0. The average Bonchev–Trinajstić information content (AvgIpc) is 3.33. The molecular weight excluding hydrogens is 548 g/mol. The summed E-state index contributed by atoms with van der Waals surface area (Å²) < 4.78 is 9.69. The molecule has 0 unspecified atom stereocenters. The highest BCUT2D eigenvalue weighted by Gasteiger charge is 2.29. The molecule has 7 nitrogen and oxygen atoms in total. The molecule has 0 aliphatic carbocycles. The van der Waals surface area contributed by atoms with Gasteiger partial charge in [0.2, 0.25) is 0 Å². The summed E-state index contributed by atoms with van der Waals surface area (Å²) in [6.45, 7) is 2.89. The molecule has 0 saturated carbocycles. The van der Waals surface area contributed by atoms with Gasteiger partial charge in [0, 0.05) is 45.3 Å². The third kappa shape index (κ3) is 6.79. The van der Waals surface area contributed by atoms with E-state index in [1.54, 1.807) is 9.47 Å². The van der Waals surface area contributed by atoms with Gasteiger partial charge < -0.3 is 9.64 Å². The van der Waals surface area contributed by atoms with Gasteiger partial charge in [0.05, 0.1) is 11.0 Å². The summed E-state index contributed by atoms with van der Waals surface area (Å²) in [7, 11) is 1.82. The van der Waals surface area contributed by atoms with E-state index in [0.29, 0.717) is 25.9 Å². The molecule has 1 saturated heterocycles. The minimum Gasteiger partial charge on any atom is -0.448 e. The molecule has 1 atom stereocenters. The summed E-state index contributed by atoms with van der Waals surface area (Å²) in [4.78, 5) is 30.7. The zero-order valence-electron chi connectivity index (χ0n) is 25.3. The Balaban J connectivity index is 1.16. The Labute approximate surface area is 258 Å². The van der Waals surface area contributed by atoms with E-state index < -0.39 is 0 Å². The quantitative estimate of drug-likeness (QED) is 0.189. The number of ether oxygens (including phenoxy) is 1. The van der Waals surface area contributed by atoms with Crippen molar-refractivity contribution in [1.82, 2.24) is 18.9 Å².